The number of amides is 2. The molecule has 1 fully saturated rings. The van der Waals surface area contributed by atoms with Crippen molar-refractivity contribution >= 4 is 55.8 Å². The van der Waals surface area contributed by atoms with Gasteiger partial charge in [-0.1, -0.05) is 5.92 Å². The van der Waals surface area contributed by atoms with Gasteiger partial charge in [0.1, 0.15) is 0 Å². The number of β-amino-alcohol motifs (C(OH)–C–C–N with tert-alkyl or cyclic N) is 1. The molecule has 1 atom stereocenters. The van der Waals surface area contributed by atoms with Crippen molar-refractivity contribution in [2.75, 3.05) is 25.0 Å². The summed E-state index contributed by atoms with van der Waals surface area (Å²) in [6.07, 6.45) is 7.12. The summed E-state index contributed by atoms with van der Waals surface area (Å²) in [7, 11) is 0. The molecule has 1 saturated heterocycles. The number of hydrogen-bond donors (Lipinski definition) is 3. The van der Waals surface area contributed by atoms with Crippen molar-refractivity contribution < 1.29 is 14.7 Å². The van der Waals surface area contributed by atoms with Gasteiger partial charge >= 0.3 is 6.03 Å². The molecule has 3 aromatic heterocycles. The van der Waals surface area contributed by atoms with E-state index < -0.39 is 6.10 Å². The quantitative estimate of drug-likeness (QED) is 0.393. The van der Waals surface area contributed by atoms with Gasteiger partial charge in [0.15, 0.2) is 0 Å². The lowest BCUT2D eigenvalue weighted by Gasteiger charge is -2.13. The lowest BCUT2D eigenvalue weighted by atomic mass is 10.2. The second-order valence-corrected chi connectivity index (χ2v) is 9.31. The number of aromatic nitrogens is 2. The number of carbonyl (C=O) groups excluding carboxylic acids is 2. The first-order valence-corrected chi connectivity index (χ1v) is 11.7. The second kappa shape index (κ2) is 8.82. The number of nitrogens with one attached hydrogen (secondary N) is 2. The molecule has 0 aliphatic carbocycles. The highest BCUT2D eigenvalue weighted by Crippen LogP contribution is 2.34. The van der Waals surface area contributed by atoms with E-state index in [0.717, 1.165) is 38.2 Å². The van der Waals surface area contributed by atoms with Crippen LogP contribution in [0.1, 0.15) is 21.8 Å². The zero-order valence-electron chi connectivity index (χ0n) is 18.5. The Morgan fingerprint density at radius 1 is 1.29 bits per heavy atom. The summed E-state index contributed by atoms with van der Waals surface area (Å²) in [4.78, 5) is 32.1. The van der Waals surface area contributed by atoms with Crippen LogP contribution in [0.25, 0.3) is 21.1 Å². The number of terminal acetylenes is 1. The van der Waals surface area contributed by atoms with Crippen LogP contribution in [0.3, 0.4) is 0 Å². The number of rotatable bonds is 4. The van der Waals surface area contributed by atoms with Crippen LogP contribution in [-0.4, -0.2) is 57.2 Å². The fourth-order valence-corrected chi connectivity index (χ4v) is 5.34. The lowest BCUT2D eigenvalue weighted by Crippen LogP contribution is -2.29. The number of aryl methyl sites for hydroxylation is 1. The maximum atomic E-state index is 12.9. The Hall–Kier alpha value is -3.87. The minimum Gasteiger partial charge on any atom is -0.391 e. The smallest absolute Gasteiger partial charge is 0.327 e. The minimum absolute atomic E-state index is 0.0770. The molecular weight excluding hydrogens is 450 g/mol. The minimum atomic E-state index is -0.453. The van der Waals surface area contributed by atoms with Crippen LogP contribution in [-0.2, 0) is 0 Å². The Morgan fingerprint density at radius 2 is 2.15 bits per heavy atom. The summed E-state index contributed by atoms with van der Waals surface area (Å²) in [6.45, 7) is 2.97. The third-order valence-corrected chi connectivity index (χ3v) is 7.03. The average molecular weight is 474 g/mol. The summed E-state index contributed by atoms with van der Waals surface area (Å²) in [6, 6.07) is 11.1. The SMILES string of the molecule is C#CCNC(=O)n1c(C)cc2cc(Nc3ccnc4cc(C(=O)N5CCC(O)C5)sc34)ccc21. The molecule has 0 bridgehead atoms. The van der Waals surface area contributed by atoms with E-state index in [1.54, 1.807) is 21.7 Å². The van der Waals surface area contributed by atoms with Gasteiger partial charge in [-0.15, -0.1) is 17.8 Å². The van der Waals surface area contributed by atoms with E-state index in [9.17, 15) is 14.7 Å². The Kier molecular flexibility index (Phi) is 5.69. The van der Waals surface area contributed by atoms with E-state index in [1.807, 2.05) is 37.3 Å². The van der Waals surface area contributed by atoms with Crippen LogP contribution in [0, 0.1) is 19.3 Å². The van der Waals surface area contributed by atoms with Crippen molar-refractivity contribution in [3.8, 4) is 12.3 Å². The highest BCUT2D eigenvalue weighted by Gasteiger charge is 2.27. The molecule has 0 spiro atoms. The van der Waals surface area contributed by atoms with Gasteiger partial charge in [0, 0.05) is 36.1 Å². The van der Waals surface area contributed by atoms with Gasteiger partial charge in [0.05, 0.1) is 38.9 Å². The first-order chi connectivity index (χ1) is 16.4. The second-order valence-electron chi connectivity index (χ2n) is 8.26. The third-order valence-electron chi connectivity index (χ3n) is 5.88. The summed E-state index contributed by atoms with van der Waals surface area (Å²) >= 11 is 1.39. The van der Waals surface area contributed by atoms with E-state index in [1.165, 1.54) is 11.3 Å². The molecule has 5 rings (SSSR count). The molecule has 0 saturated carbocycles. The first-order valence-electron chi connectivity index (χ1n) is 10.9. The summed E-state index contributed by atoms with van der Waals surface area (Å²) in [5, 5.41) is 16.8. The van der Waals surface area contributed by atoms with Gasteiger partial charge in [-0.05, 0) is 49.7 Å². The van der Waals surface area contributed by atoms with Crippen LogP contribution in [0.2, 0.25) is 0 Å². The summed E-state index contributed by atoms with van der Waals surface area (Å²) < 4.78 is 2.49. The zero-order chi connectivity index (χ0) is 23.8. The van der Waals surface area contributed by atoms with Crippen molar-refractivity contribution in [1.82, 2.24) is 19.8 Å². The van der Waals surface area contributed by atoms with Gasteiger partial charge in [0.25, 0.3) is 5.91 Å². The lowest BCUT2D eigenvalue weighted by molar-refractivity contribution is 0.0769. The van der Waals surface area contributed by atoms with Gasteiger partial charge in [-0.25, -0.2) is 4.79 Å². The number of aliphatic hydroxyl groups excluding tert-OH is 1. The zero-order valence-corrected chi connectivity index (χ0v) is 19.4. The number of carbonyl (C=O) groups is 2. The van der Waals surface area contributed by atoms with E-state index >= 15 is 0 Å². The predicted molar refractivity (Wildman–Crippen MR) is 134 cm³/mol. The monoisotopic (exact) mass is 473 g/mol. The van der Waals surface area contributed by atoms with Crippen molar-refractivity contribution in [1.29, 1.82) is 0 Å². The van der Waals surface area contributed by atoms with Crippen molar-refractivity contribution in [2.45, 2.75) is 19.4 Å². The molecule has 1 aliphatic rings. The van der Waals surface area contributed by atoms with E-state index in [-0.39, 0.29) is 18.5 Å². The van der Waals surface area contributed by atoms with E-state index in [2.05, 4.69) is 21.5 Å². The van der Waals surface area contributed by atoms with Gasteiger partial charge < -0.3 is 20.6 Å². The van der Waals surface area contributed by atoms with Crippen LogP contribution in [0.5, 0.6) is 0 Å². The molecule has 1 aromatic carbocycles. The van der Waals surface area contributed by atoms with Crippen LogP contribution >= 0.6 is 11.3 Å². The standard InChI is InChI=1S/C25H23N5O3S/c1-3-8-27-25(33)30-15(2)11-16-12-17(4-5-21(16)30)28-19-6-9-26-20-13-22(34-23(19)20)24(32)29-10-7-18(31)14-29/h1,4-6,9,11-13,18,31H,7-8,10,14H2,2H3,(H,26,28)(H,27,33). The number of benzene rings is 1. The number of aliphatic hydroxyl groups is 1. The molecular formula is C25H23N5O3S. The van der Waals surface area contributed by atoms with Gasteiger partial charge in [-0.2, -0.15) is 0 Å². The molecule has 2 amide bonds. The normalized spacial score (nSPS) is 15.6. The van der Waals surface area contributed by atoms with E-state index in [0.29, 0.717) is 24.4 Å². The molecule has 4 aromatic rings. The van der Waals surface area contributed by atoms with Crippen LogP contribution < -0.4 is 10.6 Å². The Labute approximate surface area is 200 Å². The van der Waals surface area contributed by atoms with E-state index in [4.69, 9.17) is 6.42 Å². The molecule has 8 nitrogen and oxygen atoms in total. The predicted octanol–water partition coefficient (Wildman–Crippen LogP) is 3.70. The maximum absolute atomic E-state index is 12.9. The molecule has 0 radical (unpaired) electrons. The van der Waals surface area contributed by atoms with Crippen molar-refractivity contribution in [3.63, 3.8) is 0 Å². The highest BCUT2D eigenvalue weighted by molar-refractivity contribution is 7.21. The van der Waals surface area contributed by atoms with Crippen LogP contribution in [0.4, 0.5) is 16.2 Å². The Balaban J connectivity index is 1.43. The molecule has 4 heterocycles. The largest absolute Gasteiger partial charge is 0.391 e. The molecule has 172 valence electrons. The third kappa shape index (κ3) is 3.98. The number of anilines is 2. The number of thiophene rings is 1. The maximum Gasteiger partial charge on any atom is 0.327 e. The topological polar surface area (TPSA) is 99.5 Å². The number of hydrogen-bond acceptors (Lipinski definition) is 6. The summed E-state index contributed by atoms with van der Waals surface area (Å²) in [5.74, 6) is 2.33. The average Bonchev–Trinajstić information content (AvgIpc) is 3.53. The van der Waals surface area contributed by atoms with Gasteiger partial charge in [0.2, 0.25) is 0 Å². The van der Waals surface area contributed by atoms with Gasteiger partial charge in [-0.3, -0.25) is 14.3 Å². The van der Waals surface area contributed by atoms with Crippen LogP contribution in [0.15, 0.2) is 42.6 Å². The number of fused-ring (bicyclic) bond motifs is 2. The molecule has 3 N–H and O–H groups in total. The number of nitrogens with zero attached hydrogens (tertiary/aromatic N) is 3. The molecule has 1 aliphatic heterocycles. The number of likely N-dealkylation sites (tertiary alicyclic amines) is 1. The molecule has 9 heteroatoms. The Morgan fingerprint density at radius 3 is 2.91 bits per heavy atom. The Bertz CT molecular complexity index is 1460. The van der Waals surface area contributed by atoms with Crippen molar-refractivity contribution in [2.24, 2.45) is 0 Å². The molecule has 1 unspecified atom stereocenters. The molecule has 34 heavy (non-hydrogen) atoms. The first kappa shape index (κ1) is 21.9. The highest BCUT2D eigenvalue weighted by atomic mass is 32.1. The van der Waals surface area contributed by atoms with Crippen molar-refractivity contribution in [3.05, 3.63) is 53.2 Å². The summed E-state index contributed by atoms with van der Waals surface area (Å²) in [5.41, 5.74) is 4.03. The fraction of sp³-hybridized carbons (Fsp3) is 0.240. The fourth-order valence-electron chi connectivity index (χ4n) is 4.29. The number of pyridine rings is 1.